The van der Waals surface area contributed by atoms with E-state index in [0.29, 0.717) is 31.8 Å². The Morgan fingerprint density at radius 2 is 1.96 bits per heavy atom. The zero-order valence-corrected chi connectivity index (χ0v) is 15.2. The monoisotopic (exact) mass is 387 g/mol. The fourth-order valence-corrected chi connectivity index (χ4v) is 3.20. The van der Waals surface area contributed by atoms with E-state index in [-0.39, 0.29) is 0 Å². The smallest absolute Gasteiger partial charge is 0.369 e. The number of rotatable bonds is 4. The van der Waals surface area contributed by atoms with Crippen LogP contribution in [0.2, 0.25) is 0 Å². The molecular weight excluding hydrogens is 363 g/mol. The standard InChI is InChI=1S/C18H24F3N3O3/c1-23-7-9-24(10-8-23)13-5-6-14(15(12-13)18(19,20)21)17(25)22-27-16-4-2-3-11-26-16/h5-6,12,16H,2-4,7-11H2,1H3,(H,22,25). The molecule has 1 unspecified atom stereocenters. The number of hydrogen-bond donors (Lipinski definition) is 1. The Bertz CT molecular complexity index is 655. The molecule has 1 atom stereocenters. The molecule has 2 fully saturated rings. The maximum atomic E-state index is 13.5. The third-order valence-corrected chi connectivity index (χ3v) is 4.84. The van der Waals surface area contributed by atoms with Crippen molar-refractivity contribution in [1.82, 2.24) is 10.4 Å². The van der Waals surface area contributed by atoms with Crippen LogP contribution in [0.25, 0.3) is 0 Å². The number of ether oxygens (including phenoxy) is 1. The summed E-state index contributed by atoms with van der Waals surface area (Å²) < 4.78 is 45.9. The van der Waals surface area contributed by atoms with E-state index in [1.54, 1.807) is 6.07 Å². The van der Waals surface area contributed by atoms with Crippen LogP contribution in [-0.4, -0.2) is 56.9 Å². The van der Waals surface area contributed by atoms with E-state index >= 15 is 0 Å². The number of amides is 1. The number of hydroxylamine groups is 1. The van der Waals surface area contributed by atoms with Gasteiger partial charge in [-0.05, 0) is 38.1 Å². The predicted octanol–water partition coefficient (Wildman–Crippen LogP) is 2.65. The highest BCUT2D eigenvalue weighted by atomic mass is 19.4. The Balaban J connectivity index is 1.74. The highest BCUT2D eigenvalue weighted by molar-refractivity contribution is 5.95. The molecule has 1 aromatic carbocycles. The van der Waals surface area contributed by atoms with Gasteiger partial charge < -0.3 is 14.5 Å². The molecule has 2 saturated heterocycles. The molecule has 9 heteroatoms. The molecule has 1 N–H and O–H groups in total. The minimum atomic E-state index is -4.64. The number of piperazine rings is 1. The van der Waals surface area contributed by atoms with Gasteiger partial charge >= 0.3 is 6.18 Å². The molecule has 0 aliphatic carbocycles. The number of nitrogens with zero attached hydrogens (tertiary/aromatic N) is 2. The molecule has 0 radical (unpaired) electrons. The Labute approximate surface area is 156 Å². The van der Waals surface area contributed by atoms with Crippen LogP contribution in [0.3, 0.4) is 0 Å². The van der Waals surface area contributed by atoms with E-state index in [4.69, 9.17) is 9.57 Å². The number of nitrogens with one attached hydrogen (secondary N) is 1. The van der Waals surface area contributed by atoms with E-state index in [2.05, 4.69) is 10.4 Å². The summed E-state index contributed by atoms with van der Waals surface area (Å²) in [6, 6.07) is 3.79. The van der Waals surface area contributed by atoms with Crippen LogP contribution in [0.5, 0.6) is 0 Å². The first-order valence-electron chi connectivity index (χ1n) is 9.07. The van der Waals surface area contributed by atoms with Crippen molar-refractivity contribution < 1.29 is 27.5 Å². The summed E-state index contributed by atoms with van der Waals surface area (Å²) >= 11 is 0. The third-order valence-electron chi connectivity index (χ3n) is 4.84. The topological polar surface area (TPSA) is 54.0 Å². The highest BCUT2D eigenvalue weighted by Gasteiger charge is 2.36. The van der Waals surface area contributed by atoms with Gasteiger partial charge in [0.1, 0.15) is 0 Å². The highest BCUT2D eigenvalue weighted by Crippen LogP contribution is 2.35. The average Bonchev–Trinajstić information content (AvgIpc) is 2.66. The third kappa shape index (κ3) is 5.12. The quantitative estimate of drug-likeness (QED) is 0.805. The van der Waals surface area contributed by atoms with Gasteiger partial charge in [0.05, 0.1) is 11.1 Å². The SMILES string of the molecule is CN1CCN(c2ccc(C(=O)NOC3CCCCO3)c(C(F)(F)F)c2)CC1. The molecule has 2 aliphatic rings. The second-order valence-electron chi connectivity index (χ2n) is 6.86. The first kappa shape index (κ1) is 19.9. The van der Waals surface area contributed by atoms with Crippen LogP contribution in [-0.2, 0) is 15.8 Å². The first-order valence-corrected chi connectivity index (χ1v) is 9.07. The Morgan fingerprint density at radius 3 is 2.59 bits per heavy atom. The number of halogens is 3. The van der Waals surface area contributed by atoms with Gasteiger partial charge in [-0.2, -0.15) is 13.2 Å². The summed E-state index contributed by atoms with van der Waals surface area (Å²) in [5.74, 6) is -0.929. The number of hydrogen-bond acceptors (Lipinski definition) is 5. The molecule has 0 spiro atoms. The first-order chi connectivity index (χ1) is 12.8. The molecule has 2 heterocycles. The number of carbonyl (C=O) groups is 1. The summed E-state index contributed by atoms with van der Waals surface area (Å²) in [6.45, 7) is 3.34. The molecule has 6 nitrogen and oxygen atoms in total. The summed E-state index contributed by atoms with van der Waals surface area (Å²) in [5, 5.41) is 0. The zero-order chi connectivity index (χ0) is 19.4. The molecule has 150 valence electrons. The number of anilines is 1. The van der Waals surface area contributed by atoms with Gasteiger partial charge in [0.2, 0.25) is 0 Å². The van der Waals surface area contributed by atoms with E-state index in [1.165, 1.54) is 6.07 Å². The van der Waals surface area contributed by atoms with Crippen molar-refractivity contribution in [2.75, 3.05) is 44.7 Å². The molecule has 0 saturated carbocycles. The largest absolute Gasteiger partial charge is 0.417 e. The van der Waals surface area contributed by atoms with Gasteiger partial charge in [-0.3, -0.25) is 4.79 Å². The summed E-state index contributed by atoms with van der Waals surface area (Å²) in [7, 11) is 1.97. The van der Waals surface area contributed by atoms with Crippen LogP contribution < -0.4 is 10.4 Å². The van der Waals surface area contributed by atoms with Gasteiger partial charge in [-0.25, -0.2) is 10.3 Å². The fraction of sp³-hybridized carbons (Fsp3) is 0.611. The molecule has 3 rings (SSSR count). The van der Waals surface area contributed by atoms with Gasteiger partial charge in [0.25, 0.3) is 5.91 Å². The maximum Gasteiger partial charge on any atom is 0.417 e. The Kier molecular flexibility index (Phi) is 6.23. The van der Waals surface area contributed by atoms with Gasteiger partial charge in [0.15, 0.2) is 6.29 Å². The van der Waals surface area contributed by atoms with E-state index in [9.17, 15) is 18.0 Å². The van der Waals surface area contributed by atoms with Crippen LogP contribution in [0.15, 0.2) is 18.2 Å². The normalized spacial score (nSPS) is 21.9. The van der Waals surface area contributed by atoms with Gasteiger partial charge in [0, 0.05) is 44.9 Å². The maximum absolute atomic E-state index is 13.5. The Morgan fingerprint density at radius 1 is 1.22 bits per heavy atom. The van der Waals surface area contributed by atoms with E-state index in [0.717, 1.165) is 32.0 Å². The predicted molar refractivity (Wildman–Crippen MR) is 93.3 cm³/mol. The lowest BCUT2D eigenvalue weighted by Crippen LogP contribution is -2.44. The molecule has 0 bridgehead atoms. The summed E-state index contributed by atoms with van der Waals surface area (Å²) in [6.07, 6.45) is -2.89. The van der Waals surface area contributed by atoms with Crippen molar-refractivity contribution in [3.05, 3.63) is 29.3 Å². The van der Waals surface area contributed by atoms with E-state index in [1.807, 2.05) is 11.9 Å². The van der Waals surface area contributed by atoms with Gasteiger partial charge in [-0.15, -0.1) is 0 Å². The van der Waals surface area contributed by atoms with Crippen molar-refractivity contribution in [3.8, 4) is 0 Å². The molecule has 0 aromatic heterocycles. The Hall–Kier alpha value is -1.84. The van der Waals surface area contributed by atoms with Crippen LogP contribution in [0, 0.1) is 0 Å². The van der Waals surface area contributed by atoms with E-state index < -0.39 is 29.5 Å². The molecule has 27 heavy (non-hydrogen) atoms. The van der Waals surface area contributed by atoms with Crippen molar-refractivity contribution in [1.29, 1.82) is 0 Å². The van der Waals surface area contributed by atoms with Crippen molar-refractivity contribution in [2.24, 2.45) is 0 Å². The summed E-state index contributed by atoms with van der Waals surface area (Å²) in [5.41, 5.74) is 1.13. The van der Waals surface area contributed by atoms with Crippen LogP contribution in [0.4, 0.5) is 18.9 Å². The number of benzene rings is 1. The molecule has 2 aliphatic heterocycles. The second-order valence-corrected chi connectivity index (χ2v) is 6.86. The lowest BCUT2D eigenvalue weighted by molar-refractivity contribution is -0.186. The molecule has 1 aromatic rings. The fourth-order valence-electron chi connectivity index (χ4n) is 3.20. The number of alkyl halides is 3. The minimum Gasteiger partial charge on any atom is -0.369 e. The van der Waals surface area contributed by atoms with Crippen LogP contribution in [0.1, 0.15) is 35.2 Å². The van der Waals surface area contributed by atoms with Crippen molar-refractivity contribution >= 4 is 11.6 Å². The minimum absolute atomic E-state index is 0.462. The van der Waals surface area contributed by atoms with Crippen molar-refractivity contribution in [3.63, 3.8) is 0 Å². The lowest BCUT2D eigenvalue weighted by Gasteiger charge is -2.34. The van der Waals surface area contributed by atoms with Crippen molar-refractivity contribution in [2.45, 2.75) is 31.7 Å². The summed E-state index contributed by atoms with van der Waals surface area (Å²) in [4.78, 5) is 21.4. The lowest BCUT2D eigenvalue weighted by atomic mass is 10.0. The molecular formula is C18H24F3N3O3. The van der Waals surface area contributed by atoms with Gasteiger partial charge in [-0.1, -0.05) is 0 Å². The number of carbonyl (C=O) groups excluding carboxylic acids is 1. The number of likely N-dealkylation sites (N-methyl/N-ethyl adjacent to an activating group) is 1. The molecule has 1 amide bonds. The average molecular weight is 387 g/mol. The second kappa shape index (κ2) is 8.45. The zero-order valence-electron chi connectivity index (χ0n) is 15.2. The van der Waals surface area contributed by atoms with Crippen LogP contribution >= 0.6 is 0 Å².